The lowest BCUT2D eigenvalue weighted by molar-refractivity contribution is 0.360. The Balaban J connectivity index is 2.25. The van der Waals surface area contributed by atoms with Gasteiger partial charge < -0.3 is 5.73 Å². The molecule has 1 aliphatic rings. The minimum absolute atomic E-state index is 0.212. The first-order chi connectivity index (χ1) is 8.92. The van der Waals surface area contributed by atoms with Crippen LogP contribution in [0.3, 0.4) is 0 Å². The van der Waals surface area contributed by atoms with Crippen LogP contribution in [0.15, 0.2) is 23.1 Å². The van der Waals surface area contributed by atoms with Crippen LogP contribution in [0.1, 0.15) is 25.7 Å². The normalized spacial score (nSPS) is 24.4. The first-order valence-corrected chi connectivity index (χ1v) is 8.00. The topological polar surface area (TPSA) is 72.2 Å². The maximum Gasteiger partial charge on any atom is 0.243 e. The largest absolute Gasteiger partial charge is 0.326 e. The van der Waals surface area contributed by atoms with Gasteiger partial charge >= 0.3 is 0 Å². The summed E-state index contributed by atoms with van der Waals surface area (Å²) in [4.78, 5) is -0.433. The Morgan fingerprint density at radius 2 is 2.00 bits per heavy atom. The fourth-order valence-corrected chi connectivity index (χ4v) is 3.91. The summed E-state index contributed by atoms with van der Waals surface area (Å²) in [7, 11) is -3.94. The number of nitrogens with two attached hydrogens (primary N) is 1. The van der Waals surface area contributed by atoms with E-state index in [-0.39, 0.29) is 17.1 Å². The predicted octanol–water partition coefficient (Wildman–Crippen LogP) is 2.03. The average Bonchev–Trinajstić information content (AvgIpc) is 2.35. The van der Waals surface area contributed by atoms with Crippen molar-refractivity contribution >= 4 is 21.6 Å². The van der Waals surface area contributed by atoms with E-state index in [4.69, 9.17) is 17.3 Å². The van der Waals surface area contributed by atoms with Gasteiger partial charge in [0.1, 0.15) is 4.90 Å². The molecule has 2 atom stereocenters. The molecule has 0 bridgehead atoms. The van der Waals surface area contributed by atoms with Crippen molar-refractivity contribution in [3.63, 3.8) is 0 Å². The van der Waals surface area contributed by atoms with Gasteiger partial charge in [-0.15, -0.1) is 0 Å². The van der Waals surface area contributed by atoms with Crippen LogP contribution in [0.2, 0.25) is 5.02 Å². The van der Waals surface area contributed by atoms with E-state index < -0.39 is 20.7 Å². The highest BCUT2D eigenvalue weighted by atomic mass is 35.5. The van der Waals surface area contributed by atoms with E-state index in [1.807, 2.05) is 0 Å². The average molecular weight is 307 g/mol. The molecule has 7 heteroatoms. The number of sulfonamides is 1. The van der Waals surface area contributed by atoms with Crippen LogP contribution >= 0.6 is 11.6 Å². The number of rotatable bonds is 3. The van der Waals surface area contributed by atoms with Crippen LogP contribution in [0.4, 0.5) is 4.39 Å². The Labute approximate surface area is 117 Å². The molecular weight excluding hydrogens is 291 g/mol. The molecule has 1 saturated carbocycles. The molecule has 0 unspecified atom stereocenters. The van der Waals surface area contributed by atoms with Crippen LogP contribution in [-0.2, 0) is 10.0 Å². The van der Waals surface area contributed by atoms with Gasteiger partial charge in [0.25, 0.3) is 0 Å². The van der Waals surface area contributed by atoms with Crippen molar-refractivity contribution < 1.29 is 12.8 Å². The molecule has 19 heavy (non-hydrogen) atoms. The highest BCUT2D eigenvalue weighted by Gasteiger charge is 2.29. The highest BCUT2D eigenvalue weighted by molar-refractivity contribution is 7.89. The van der Waals surface area contributed by atoms with Crippen molar-refractivity contribution in [3.8, 4) is 0 Å². The Kier molecular flexibility index (Phi) is 4.45. The number of halogens is 2. The first-order valence-electron chi connectivity index (χ1n) is 6.14. The first kappa shape index (κ1) is 14.7. The summed E-state index contributed by atoms with van der Waals surface area (Å²) in [5.41, 5.74) is 5.89. The van der Waals surface area contributed by atoms with Crippen LogP contribution in [-0.4, -0.2) is 20.5 Å². The molecule has 3 N–H and O–H groups in total. The van der Waals surface area contributed by atoms with E-state index in [1.165, 1.54) is 18.2 Å². The Morgan fingerprint density at radius 1 is 1.32 bits per heavy atom. The smallest absolute Gasteiger partial charge is 0.243 e. The summed E-state index contributed by atoms with van der Waals surface area (Å²) >= 11 is 5.60. The molecule has 1 fully saturated rings. The van der Waals surface area contributed by atoms with Crippen molar-refractivity contribution in [2.75, 3.05) is 0 Å². The van der Waals surface area contributed by atoms with E-state index >= 15 is 0 Å². The molecule has 1 aromatic rings. The van der Waals surface area contributed by atoms with Crippen LogP contribution < -0.4 is 10.5 Å². The zero-order valence-corrected chi connectivity index (χ0v) is 11.8. The fourth-order valence-electron chi connectivity index (χ4n) is 2.26. The Hall–Kier alpha value is -0.690. The van der Waals surface area contributed by atoms with E-state index in [0.29, 0.717) is 6.42 Å². The third-order valence-corrected chi connectivity index (χ3v) is 5.13. The SMILES string of the molecule is N[C@@H]1CCCC[C@H]1NS(=O)(=O)c1cccc(Cl)c1F. The molecule has 0 aromatic heterocycles. The molecule has 0 spiro atoms. The zero-order valence-electron chi connectivity index (χ0n) is 10.3. The standard InChI is InChI=1S/C12H16ClFN2O2S/c13-8-4-3-7-11(12(8)14)19(17,18)16-10-6-2-1-5-9(10)15/h3-4,7,9-10,16H,1-2,5-6,15H2/t9-,10-/m1/s1. The highest BCUT2D eigenvalue weighted by Crippen LogP contribution is 2.24. The summed E-state index contributed by atoms with van der Waals surface area (Å²) in [6.45, 7) is 0. The van der Waals surface area contributed by atoms with Gasteiger partial charge in [-0.2, -0.15) is 0 Å². The molecule has 106 valence electrons. The maximum absolute atomic E-state index is 13.8. The molecule has 0 heterocycles. The lowest BCUT2D eigenvalue weighted by atomic mass is 9.92. The second kappa shape index (κ2) is 5.75. The number of hydrogen-bond donors (Lipinski definition) is 2. The van der Waals surface area contributed by atoms with Gasteiger partial charge in [-0.1, -0.05) is 30.5 Å². The Bertz CT molecular complexity index is 565. The summed E-state index contributed by atoms with van der Waals surface area (Å²) in [6, 6.07) is 3.32. The quantitative estimate of drug-likeness (QED) is 0.897. The second-order valence-electron chi connectivity index (χ2n) is 4.73. The third-order valence-electron chi connectivity index (χ3n) is 3.33. The molecule has 1 aromatic carbocycles. The third kappa shape index (κ3) is 3.25. The molecule has 0 radical (unpaired) electrons. The van der Waals surface area contributed by atoms with E-state index in [1.54, 1.807) is 0 Å². The van der Waals surface area contributed by atoms with Gasteiger partial charge in [0.15, 0.2) is 5.82 Å². The minimum Gasteiger partial charge on any atom is -0.326 e. The van der Waals surface area contributed by atoms with Crippen molar-refractivity contribution in [2.24, 2.45) is 5.73 Å². The monoisotopic (exact) mass is 306 g/mol. The van der Waals surface area contributed by atoms with Crippen molar-refractivity contribution in [2.45, 2.75) is 42.7 Å². The van der Waals surface area contributed by atoms with E-state index in [0.717, 1.165) is 19.3 Å². The molecule has 0 amide bonds. The molecule has 1 aliphatic carbocycles. The van der Waals surface area contributed by atoms with E-state index in [9.17, 15) is 12.8 Å². The van der Waals surface area contributed by atoms with Gasteiger partial charge in [0.2, 0.25) is 10.0 Å². The van der Waals surface area contributed by atoms with Gasteiger partial charge in [0.05, 0.1) is 5.02 Å². The predicted molar refractivity (Wildman–Crippen MR) is 72.0 cm³/mol. The van der Waals surface area contributed by atoms with Crippen LogP contribution in [0.25, 0.3) is 0 Å². The molecule has 0 aliphatic heterocycles. The summed E-state index contributed by atoms with van der Waals surface area (Å²) in [5.74, 6) is -0.930. The van der Waals surface area contributed by atoms with Gasteiger partial charge in [-0.25, -0.2) is 17.5 Å². The second-order valence-corrected chi connectivity index (χ2v) is 6.82. The van der Waals surface area contributed by atoms with Crippen molar-refractivity contribution in [1.29, 1.82) is 0 Å². The minimum atomic E-state index is -3.94. The zero-order chi connectivity index (χ0) is 14.0. The van der Waals surface area contributed by atoms with Crippen LogP contribution in [0, 0.1) is 5.82 Å². The molecule has 4 nitrogen and oxygen atoms in total. The number of hydrogen-bond acceptors (Lipinski definition) is 3. The lowest BCUT2D eigenvalue weighted by Gasteiger charge is -2.29. The Morgan fingerprint density at radius 3 is 2.68 bits per heavy atom. The summed E-state index contributed by atoms with van der Waals surface area (Å²) in [5, 5.41) is -0.212. The molecule has 0 saturated heterocycles. The molecular formula is C12H16ClFN2O2S. The van der Waals surface area contributed by atoms with Gasteiger partial charge in [-0.3, -0.25) is 0 Å². The summed E-state index contributed by atoms with van der Waals surface area (Å²) < 4.78 is 40.6. The number of nitrogens with one attached hydrogen (secondary N) is 1. The van der Waals surface area contributed by atoms with Gasteiger partial charge in [0, 0.05) is 12.1 Å². The number of benzene rings is 1. The fraction of sp³-hybridized carbons (Fsp3) is 0.500. The van der Waals surface area contributed by atoms with Crippen molar-refractivity contribution in [1.82, 2.24) is 4.72 Å². The van der Waals surface area contributed by atoms with Gasteiger partial charge in [-0.05, 0) is 25.0 Å². The van der Waals surface area contributed by atoms with Crippen LogP contribution in [0.5, 0.6) is 0 Å². The maximum atomic E-state index is 13.8. The van der Waals surface area contributed by atoms with E-state index in [2.05, 4.69) is 4.72 Å². The lowest BCUT2D eigenvalue weighted by Crippen LogP contribution is -2.49. The van der Waals surface area contributed by atoms with Crippen molar-refractivity contribution in [3.05, 3.63) is 29.0 Å². The molecule has 2 rings (SSSR count). The summed E-state index contributed by atoms with van der Waals surface area (Å²) in [6.07, 6.45) is 3.34.